The Bertz CT molecular complexity index is 492. The first-order chi connectivity index (χ1) is 7.70. The summed E-state index contributed by atoms with van der Waals surface area (Å²) in [6.07, 6.45) is 2.07. The molecule has 0 fully saturated rings. The second-order valence-corrected chi connectivity index (χ2v) is 4.45. The molecular weight excluding hydrogens is 216 g/mol. The van der Waals surface area contributed by atoms with Gasteiger partial charge in [0.1, 0.15) is 0 Å². The van der Waals surface area contributed by atoms with Crippen molar-refractivity contribution in [2.45, 2.75) is 4.90 Å². The summed E-state index contributed by atoms with van der Waals surface area (Å²) in [6, 6.07) is 14.1. The van der Waals surface area contributed by atoms with Crippen LogP contribution in [-0.4, -0.2) is 6.26 Å². The van der Waals surface area contributed by atoms with Crippen LogP contribution in [0.3, 0.4) is 0 Å². The second-order valence-electron chi connectivity index (χ2n) is 3.57. The molecule has 0 aliphatic rings. The summed E-state index contributed by atoms with van der Waals surface area (Å²) in [5.41, 5.74) is 15.0. The van der Waals surface area contributed by atoms with Crippen LogP contribution in [0.25, 0.3) is 11.1 Å². The SMILES string of the molecule is CSc1ccc(-c2ccc(N)c(N)c2)cc1. The molecule has 0 radical (unpaired) electrons. The minimum Gasteiger partial charge on any atom is -0.397 e. The Kier molecular flexibility index (Phi) is 3.06. The van der Waals surface area contributed by atoms with Gasteiger partial charge in [0, 0.05) is 4.90 Å². The standard InChI is InChI=1S/C13H14N2S/c1-16-11-5-2-9(3-6-11)10-4-7-12(14)13(15)8-10/h2-8H,14-15H2,1H3. The summed E-state index contributed by atoms with van der Waals surface area (Å²) < 4.78 is 0. The summed E-state index contributed by atoms with van der Waals surface area (Å²) in [7, 11) is 0. The summed E-state index contributed by atoms with van der Waals surface area (Å²) in [5, 5.41) is 0. The molecule has 2 nitrogen and oxygen atoms in total. The molecule has 82 valence electrons. The van der Waals surface area contributed by atoms with E-state index in [0.717, 1.165) is 11.1 Å². The lowest BCUT2D eigenvalue weighted by atomic mass is 10.0. The van der Waals surface area contributed by atoms with Crippen molar-refractivity contribution >= 4 is 23.1 Å². The number of nitrogens with two attached hydrogens (primary N) is 2. The summed E-state index contributed by atoms with van der Waals surface area (Å²) in [5.74, 6) is 0. The Balaban J connectivity index is 2.38. The monoisotopic (exact) mass is 230 g/mol. The van der Waals surface area contributed by atoms with E-state index >= 15 is 0 Å². The van der Waals surface area contributed by atoms with Gasteiger partial charge in [0.15, 0.2) is 0 Å². The Morgan fingerprint density at radius 3 is 2.00 bits per heavy atom. The molecule has 0 aliphatic heterocycles. The highest BCUT2D eigenvalue weighted by molar-refractivity contribution is 7.98. The zero-order chi connectivity index (χ0) is 11.5. The lowest BCUT2D eigenvalue weighted by Crippen LogP contribution is -1.94. The highest BCUT2D eigenvalue weighted by atomic mass is 32.2. The van der Waals surface area contributed by atoms with Gasteiger partial charge >= 0.3 is 0 Å². The summed E-state index contributed by atoms with van der Waals surface area (Å²) >= 11 is 1.73. The van der Waals surface area contributed by atoms with Crippen LogP contribution in [0.1, 0.15) is 0 Å². The average Bonchev–Trinajstić information content (AvgIpc) is 2.33. The maximum atomic E-state index is 5.78. The van der Waals surface area contributed by atoms with Crippen molar-refractivity contribution < 1.29 is 0 Å². The van der Waals surface area contributed by atoms with Crippen molar-refractivity contribution in [3.63, 3.8) is 0 Å². The first kappa shape index (κ1) is 10.9. The smallest absolute Gasteiger partial charge is 0.0554 e. The van der Waals surface area contributed by atoms with E-state index in [4.69, 9.17) is 11.5 Å². The number of nitrogen functional groups attached to an aromatic ring is 2. The molecule has 2 aromatic rings. The zero-order valence-corrected chi connectivity index (χ0v) is 9.92. The van der Waals surface area contributed by atoms with Crippen molar-refractivity contribution in [3.05, 3.63) is 42.5 Å². The van der Waals surface area contributed by atoms with Crippen molar-refractivity contribution in [1.82, 2.24) is 0 Å². The molecule has 0 atom stereocenters. The average molecular weight is 230 g/mol. The van der Waals surface area contributed by atoms with Gasteiger partial charge in [-0.25, -0.2) is 0 Å². The van der Waals surface area contributed by atoms with Crippen molar-refractivity contribution in [2.24, 2.45) is 0 Å². The molecule has 0 amide bonds. The third-order valence-electron chi connectivity index (χ3n) is 2.51. The van der Waals surface area contributed by atoms with Gasteiger partial charge in [-0.3, -0.25) is 0 Å². The Morgan fingerprint density at radius 1 is 0.812 bits per heavy atom. The van der Waals surface area contributed by atoms with Crippen molar-refractivity contribution in [2.75, 3.05) is 17.7 Å². The van der Waals surface area contributed by atoms with Gasteiger partial charge in [0.05, 0.1) is 11.4 Å². The maximum Gasteiger partial charge on any atom is 0.0554 e. The fourth-order valence-electron chi connectivity index (χ4n) is 1.54. The first-order valence-electron chi connectivity index (χ1n) is 5.00. The quantitative estimate of drug-likeness (QED) is 0.615. The summed E-state index contributed by atoms with van der Waals surface area (Å²) in [4.78, 5) is 1.26. The normalized spacial score (nSPS) is 10.3. The molecule has 2 aromatic carbocycles. The van der Waals surface area contributed by atoms with Gasteiger partial charge in [-0.2, -0.15) is 0 Å². The molecule has 4 N–H and O–H groups in total. The van der Waals surface area contributed by atoms with Crippen LogP contribution >= 0.6 is 11.8 Å². The second kappa shape index (κ2) is 4.49. The minimum atomic E-state index is 0.629. The van der Waals surface area contributed by atoms with Crippen LogP contribution in [0, 0.1) is 0 Å². The topological polar surface area (TPSA) is 52.0 Å². The van der Waals surface area contributed by atoms with E-state index in [1.165, 1.54) is 4.90 Å². The number of rotatable bonds is 2. The minimum absolute atomic E-state index is 0.629. The van der Waals surface area contributed by atoms with Crippen LogP contribution in [-0.2, 0) is 0 Å². The van der Waals surface area contributed by atoms with E-state index in [2.05, 4.69) is 30.5 Å². The van der Waals surface area contributed by atoms with Gasteiger partial charge < -0.3 is 11.5 Å². The Morgan fingerprint density at radius 2 is 1.44 bits per heavy atom. The van der Waals surface area contributed by atoms with E-state index in [-0.39, 0.29) is 0 Å². The van der Waals surface area contributed by atoms with Crippen LogP contribution in [0.15, 0.2) is 47.4 Å². The molecule has 16 heavy (non-hydrogen) atoms. The third kappa shape index (κ3) is 2.14. The molecule has 0 unspecified atom stereocenters. The van der Waals surface area contributed by atoms with Crippen molar-refractivity contribution in [3.8, 4) is 11.1 Å². The molecular formula is C13H14N2S. The number of benzene rings is 2. The molecule has 2 rings (SSSR count). The number of anilines is 2. The molecule has 3 heteroatoms. The van der Waals surface area contributed by atoms with Crippen LogP contribution < -0.4 is 11.5 Å². The molecule has 0 saturated heterocycles. The van der Waals surface area contributed by atoms with E-state index in [1.54, 1.807) is 11.8 Å². The van der Waals surface area contributed by atoms with Gasteiger partial charge in [0.2, 0.25) is 0 Å². The highest BCUT2D eigenvalue weighted by Gasteiger charge is 2.00. The maximum absolute atomic E-state index is 5.78. The van der Waals surface area contributed by atoms with Gasteiger partial charge in [0.25, 0.3) is 0 Å². The zero-order valence-electron chi connectivity index (χ0n) is 9.10. The number of hydrogen-bond acceptors (Lipinski definition) is 3. The fraction of sp³-hybridized carbons (Fsp3) is 0.0769. The van der Waals surface area contributed by atoms with E-state index in [0.29, 0.717) is 11.4 Å². The Labute approximate surface area is 99.7 Å². The predicted octanol–water partition coefficient (Wildman–Crippen LogP) is 3.24. The lowest BCUT2D eigenvalue weighted by Gasteiger charge is -2.06. The summed E-state index contributed by atoms with van der Waals surface area (Å²) in [6.45, 7) is 0. The van der Waals surface area contributed by atoms with Crippen LogP contribution in [0.5, 0.6) is 0 Å². The van der Waals surface area contributed by atoms with Crippen molar-refractivity contribution in [1.29, 1.82) is 0 Å². The van der Waals surface area contributed by atoms with E-state index in [1.807, 2.05) is 18.2 Å². The fourth-order valence-corrected chi connectivity index (χ4v) is 1.95. The largest absolute Gasteiger partial charge is 0.397 e. The molecule has 0 saturated carbocycles. The van der Waals surface area contributed by atoms with E-state index in [9.17, 15) is 0 Å². The molecule has 0 heterocycles. The van der Waals surface area contributed by atoms with Crippen LogP contribution in [0.4, 0.5) is 11.4 Å². The van der Waals surface area contributed by atoms with Gasteiger partial charge in [-0.05, 0) is 41.6 Å². The predicted molar refractivity (Wildman–Crippen MR) is 72.5 cm³/mol. The highest BCUT2D eigenvalue weighted by Crippen LogP contribution is 2.26. The van der Waals surface area contributed by atoms with E-state index < -0.39 is 0 Å². The first-order valence-corrected chi connectivity index (χ1v) is 6.22. The molecule has 0 aromatic heterocycles. The van der Waals surface area contributed by atoms with Gasteiger partial charge in [-0.1, -0.05) is 18.2 Å². The van der Waals surface area contributed by atoms with Crippen LogP contribution in [0.2, 0.25) is 0 Å². The molecule has 0 aliphatic carbocycles. The molecule has 0 spiro atoms. The molecule has 0 bridgehead atoms. The number of thioether (sulfide) groups is 1. The lowest BCUT2D eigenvalue weighted by molar-refractivity contribution is 1.46. The Hall–Kier alpha value is -1.61. The van der Waals surface area contributed by atoms with Gasteiger partial charge in [-0.15, -0.1) is 11.8 Å². The third-order valence-corrected chi connectivity index (χ3v) is 3.25. The number of hydrogen-bond donors (Lipinski definition) is 2.